The number of aliphatic imine (C=N–C) groups is 1. The number of nitrogens with two attached hydrogens (primary N) is 1. The van der Waals surface area contributed by atoms with Gasteiger partial charge >= 0.3 is 0 Å². The molecule has 3 N–H and O–H groups in total. The van der Waals surface area contributed by atoms with Crippen molar-refractivity contribution < 1.29 is 4.79 Å². The van der Waals surface area contributed by atoms with E-state index >= 15 is 0 Å². The van der Waals surface area contributed by atoms with Crippen molar-refractivity contribution in [3.63, 3.8) is 0 Å². The van der Waals surface area contributed by atoms with E-state index in [4.69, 9.17) is 5.73 Å². The summed E-state index contributed by atoms with van der Waals surface area (Å²) in [6, 6.07) is 7.17. The quantitative estimate of drug-likeness (QED) is 0.879. The number of benzene rings is 1. The third kappa shape index (κ3) is 3.71. The van der Waals surface area contributed by atoms with E-state index in [1.165, 1.54) is 30.4 Å². The van der Waals surface area contributed by atoms with E-state index in [-0.39, 0.29) is 11.9 Å². The number of nitrogens with zero attached hydrogens (tertiary/aromatic N) is 2. The molecule has 3 aliphatic rings. The Morgan fingerprint density at radius 1 is 1.16 bits per heavy atom. The first-order chi connectivity index (χ1) is 12.2. The summed E-state index contributed by atoms with van der Waals surface area (Å²) in [5.74, 6) is 0.712. The molecule has 1 aliphatic carbocycles. The molecule has 1 atom stereocenters. The number of hydrogen-bond donors (Lipinski definition) is 2. The molecule has 1 unspecified atom stereocenters. The van der Waals surface area contributed by atoms with Gasteiger partial charge in [0.1, 0.15) is 0 Å². The van der Waals surface area contributed by atoms with Gasteiger partial charge in [-0.1, -0.05) is 12.5 Å². The Morgan fingerprint density at radius 3 is 2.64 bits per heavy atom. The van der Waals surface area contributed by atoms with E-state index in [1.807, 2.05) is 6.07 Å². The van der Waals surface area contributed by atoms with Crippen molar-refractivity contribution >= 4 is 11.7 Å². The summed E-state index contributed by atoms with van der Waals surface area (Å²) in [4.78, 5) is 19.5. The average Bonchev–Trinajstić information content (AvgIpc) is 2.87. The van der Waals surface area contributed by atoms with Gasteiger partial charge in [0.2, 0.25) is 0 Å². The molecular weight excluding hydrogens is 312 g/mol. The molecule has 1 amide bonds. The Labute approximate surface area is 149 Å². The minimum atomic E-state index is 0.00330. The summed E-state index contributed by atoms with van der Waals surface area (Å²) in [6.07, 6.45) is 8.04. The zero-order valence-corrected chi connectivity index (χ0v) is 14.8. The monoisotopic (exact) mass is 340 g/mol. The SMILES string of the molecule is NC1=NC(CNC(=O)c2ccc3c(c2)CCN(C2CCC2)CC3)CC1. The van der Waals surface area contributed by atoms with Gasteiger partial charge in [0.15, 0.2) is 0 Å². The van der Waals surface area contributed by atoms with Crippen molar-refractivity contribution in [2.45, 2.75) is 57.0 Å². The maximum Gasteiger partial charge on any atom is 0.251 e. The van der Waals surface area contributed by atoms with Gasteiger partial charge in [-0.2, -0.15) is 0 Å². The number of rotatable bonds is 4. The van der Waals surface area contributed by atoms with E-state index in [0.717, 1.165) is 50.4 Å². The number of carbonyl (C=O) groups excluding carboxylic acids is 1. The Kier molecular flexibility index (Phi) is 4.75. The molecule has 134 valence electrons. The predicted molar refractivity (Wildman–Crippen MR) is 100 cm³/mol. The van der Waals surface area contributed by atoms with Crippen molar-refractivity contribution in [2.24, 2.45) is 10.7 Å². The van der Waals surface area contributed by atoms with E-state index in [1.54, 1.807) is 0 Å². The Hall–Kier alpha value is -1.88. The van der Waals surface area contributed by atoms with Crippen molar-refractivity contribution in [1.29, 1.82) is 0 Å². The van der Waals surface area contributed by atoms with Crippen LogP contribution in [0.15, 0.2) is 23.2 Å². The molecule has 5 nitrogen and oxygen atoms in total. The second-order valence-corrected chi connectivity index (χ2v) is 7.63. The number of carbonyl (C=O) groups is 1. The molecule has 25 heavy (non-hydrogen) atoms. The third-order valence-electron chi connectivity index (χ3n) is 5.98. The summed E-state index contributed by atoms with van der Waals surface area (Å²) < 4.78 is 0. The third-order valence-corrected chi connectivity index (χ3v) is 5.98. The lowest BCUT2D eigenvalue weighted by Crippen LogP contribution is -2.41. The smallest absolute Gasteiger partial charge is 0.251 e. The van der Waals surface area contributed by atoms with Gasteiger partial charge in [0.05, 0.1) is 11.9 Å². The molecule has 0 bridgehead atoms. The minimum absolute atomic E-state index is 0.00330. The topological polar surface area (TPSA) is 70.7 Å². The zero-order valence-electron chi connectivity index (χ0n) is 14.8. The first-order valence-corrected chi connectivity index (χ1v) is 9.65. The van der Waals surface area contributed by atoms with E-state index in [9.17, 15) is 4.79 Å². The first kappa shape index (κ1) is 16.6. The van der Waals surface area contributed by atoms with Crippen molar-refractivity contribution in [3.05, 3.63) is 34.9 Å². The summed E-state index contributed by atoms with van der Waals surface area (Å²) in [7, 11) is 0. The maximum atomic E-state index is 12.5. The zero-order chi connectivity index (χ0) is 17.2. The standard InChI is InChI=1S/C20H28N4O/c21-19-7-6-17(23-19)13-22-20(25)16-5-4-14-8-10-24(18-2-1-3-18)11-9-15(14)12-16/h4-5,12,17-18H,1-3,6-11,13H2,(H2,21,23)(H,22,25). The molecule has 1 aromatic carbocycles. The highest BCUT2D eigenvalue weighted by Gasteiger charge is 2.26. The number of nitrogens with one attached hydrogen (secondary N) is 1. The van der Waals surface area contributed by atoms with Crippen LogP contribution in [0.5, 0.6) is 0 Å². The molecule has 2 aliphatic heterocycles. The first-order valence-electron chi connectivity index (χ1n) is 9.65. The fourth-order valence-corrected chi connectivity index (χ4v) is 4.14. The molecule has 2 heterocycles. The van der Waals surface area contributed by atoms with Crippen LogP contribution in [0, 0.1) is 0 Å². The molecule has 0 spiro atoms. The second-order valence-electron chi connectivity index (χ2n) is 7.63. The van der Waals surface area contributed by atoms with Crippen LogP contribution < -0.4 is 11.1 Å². The van der Waals surface area contributed by atoms with Crippen LogP contribution in [0.25, 0.3) is 0 Å². The molecule has 1 fully saturated rings. The molecule has 1 saturated carbocycles. The van der Waals surface area contributed by atoms with Crippen LogP contribution in [0.1, 0.15) is 53.6 Å². The van der Waals surface area contributed by atoms with Gasteiger partial charge < -0.3 is 11.1 Å². The van der Waals surface area contributed by atoms with Gasteiger partial charge in [-0.25, -0.2) is 0 Å². The summed E-state index contributed by atoms with van der Waals surface area (Å²) in [5.41, 5.74) is 9.24. The highest BCUT2D eigenvalue weighted by Crippen LogP contribution is 2.27. The lowest BCUT2D eigenvalue weighted by atomic mass is 9.91. The number of fused-ring (bicyclic) bond motifs is 1. The van der Waals surface area contributed by atoms with Crippen LogP contribution >= 0.6 is 0 Å². The molecular formula is C20H28N4O. The molecule has 0 saturated heterocycles. The number of amidine groups is 1. The largest absolute Gasteiger partial charge is 0.387 e. The van der Waals surface area contributed by atoms with E-state index in [0.29, 0.717) is 12.4 Å². The normalized spacial score (nSPS) is 24.2. The van der Waals surface area contributed by atoms with E-state index in [2.05, 4.69) is 27.3 Å². The molecule has 4 rings (SSSR count). The van der Waals surface area contributed by atoms with Crippen LogP contribution in [0.4, 0.5) is 0 Å². The lowest BCUT2D eigenvalue weighted by molar-refractivity contribution is 0.0951. The van der Waals surface area contributed by atoms with E-state index < -0.39 is 0 Å². The fraction of sp³-hybridized carbons (Fsp3) is 0.600. The van der Waals surface area contributed by atoms with Crippen LogP contribution in [0.3, 0.4) is 0 Å². The van der Waals surface area contributed by atoms with Crippen LogP contribution in [-0.4, -0.2) is 48.4 Å². The fourth-order valence-electron chi connectivity index (χ4n) is 4.14. The van der Waals surface area contributed by atoms with Crippen LogP contribution in [0.2, 0.25) is 0 Å². The Balaban J connectivity index is 1.37. The summed E-state index contributed by atoms with van der Waals surface area (Å²) >= 11 is 0. The minimum Gasteiger partial charge on any atom is -0.387 e. The van der Waals surface area contributed by atoms with Crippen molar-refractivity contribution in [1.82, 2.24) is 10.2 Å². The summed E-state index contributed by atoms with van der Waals surface area (Å²) in [6.45, 7) is 2.86. The van der Waals surface area contributed by atoms with Crippen molar-refractivity contribution in [2.75, 3.05) is 19.6 Å². The molecule has 0 aromatic heterocycles. The van der Waals surface area contributed by atoms with Gasteiger partial charge in [0.25, 0.3) is 5.91 Å². The van der Waals surface area contributed by atoms with Gasteiger partial charge in [-0.3, -0.25) is 14.7 Å². The maximum absolute atomic E-state index is 12.5. The number of hydrogen-bond acceptors (Lipinski definition) is 4. The van der Waals surface area contributed by atoms with Gasteiger partial charge in [0, 0.05) is 37.7 Å². The number of amides is 1. The van der Waals surface area contributed by atoms with Crippen molar-refractivity contribution in [3.8, 4) is 0 Å². The Bertz CT molecular complexity index is 680. The van der Waals surface area contributed by atoms with Crippen LogP contribution in [-0.2, 0) is 12.8 Å². The molecule has 0 radical (unpaired) electrons. The molecule has 1 aromatic rings. The molecule has 5 heteroatoms. The second kappa shape index (κ2) is 7.16. The average molecular weight is 340 g/mol. The highest BCUT2D eigenvalue weighted by atomic mass is 16.1. The highest BCUT2D eigenvalue weighted by molar-refractivity contribution is 5.94. The van der Waals surface area contributed by atoms with Gasteiger partial charge in [-0.05, 0) is 55.4 Å². The lowest BCUT2D eigenvalue weighted by Gasteiger charge is -2.36. The Morgan fingerprint density at radius 2 is 1.96 bits per heavy atom. The van der Waals surface area contributed by atoms with Gasteiger partial charge in [-0.15, -0.1) is 0 Å². The summed E-state index contributed by atoms with van der Waals surface area (Å²) in [5, 5.41) is 3.02. The predicted octanol–water partition coefficient (Wildman–Crippen LogP) is 1.89.